The summed E-state index contributed by atoms with van der Waals surface area (Å²) in [5, 5.41) is 3.28. The van der Waals surface area contributed by atoms with Crippen LogP contribution < -0.4 is 5.32 Å². The van der Waals surface area contributed by atoms with Gasteiger partial charge in [-0.3, -0.25) is 4.79 Å². The highest BCUT2D eigenvalue weighted by molar-refractivity contribution is 5.69. The van der Waals surface area contributed by atoms with Gasteiger partial charge in [0.2, 0.25) is 0 Å². The van der Waals surface area contributed by atoms with E-state index in [9.17, 15) is 4.79 Å². The molecule has 1 fully saturated rings. The third kappa shape index (κ3) is 6.05. The second kappa shape index (κ2) is 8.50. The van der Waals surface area contributed by atoms with Gasteiger partial charge in [0.15, 0.2) is 0 Å². The highest BCUT2D eigenvalue weighted by Crippen LogP contribution is 2.06. The molecule has 5 nitrogen and oxygen atoms in total. The summed E-state index contributed by atoms with van der Waals surface area (Å²) in [6.45, 7) is 3.62. The van der Waals surface area contributed by atoms with Crippen LogP contribution in [-0.2, 0) is 19.0 Å². The lowest BCUT2D eigenvalue weighted by Crippen LogP contribution is -2.33. The smallest absolute Gasteiger partial charge is 0.307 e. The monoisotopic (exact) mass is 231 g/mol. The molecule has 0 radical (unpaired) electrons. The molecule has 0 amide bonds. The summed E-state index contributed by atoms with van der Waals surface area (Å²) in [5.74, 6) is -0.237. The normalized spacial score (nSPS) is 17.3. The van der Waals surface area contributed by atoms with Crippen molar-refractivity contribution in [1.82, 2.24) is 5.32 Å². The van der Waals surface area contributed by atoms with Gasteiger partial charge in [-0.2, -0.15) is 0 Å². The van der Waals surface area contributed by atoms with Crippen LogP contribution in [0.1, 0.15) is 19.3 Å². The van der Waals surface area contributed by atoms with Crippen molar-refractivity contribution in [2.75, 3.05) is 40.0 Å². The number of methoxy groups -OCH3 is 1. The number of carbonyl (C=O) groups is 1. The molecule has 0 aliphatic carbocycles. The first-order valence-electron chi connectivity index (χ1n) is 5.80. The topological polar surface area (TPSA) is 56.8 Å². The zero-order valence-corrected chi connectivity index (χ0v) is 9.87. The van der Waals surface area contributed by atoms with Gasteiger partial charge >= 0.3 is 5.97 Å². The molecular weight excluding hydrogens is 210 g/mol. The second-order valence-corrected chi connectivity index (χ2v) is 3.76. The van der Waals surface area contributed by atoms with Crippen LogP contribution in [0, 0.1) is 0 Å². The van der Waals surface area contributed by atoms with Gasteiger partial charge in [-0.15, -0.1) is 0 Å². The largest absolute Gasteiger partial charge is 0.469 e. The Morgan fingerprint density at radius 2 is 2.00 bits per heavy atom. The highest BCUT2D eigenvalue weighted by atomic mass is 16.5. The van der Waals surface area contributed by atoms with E-state index in [1.165, 1.54) is 7.11 Å². The SMILES string of the molecule is COC(=O)CCOCCOC1CCNCC1. The Kier molecular flexibility index (Phi) is 7.12. The van der Waals surface area contributed by atoms with Crippen molar-refractivity contribution in [3.8, 4) is 0 Å². The molecule has 0 bridgehead atoms. The van der Waals surface area contributed by atoms with E-state index in [0.29, 0.717) is 32.3 Å². The molecule has 0 aromatic rings. The van der Waals surface area contributed by atoms with Gasteiger partial charge < -0.3 is 19.5 Å². The highest BCUT2D eigenvalue weighted by Gasteiger charge is 2.12. The predicted octanol–water partition coefficient (Wildman–Crippen LogP) is 0.335. The lowest BCUT2D eigenvalue weighted by atomic mass is 10.1. The summed E-state index contributed by atoms with van der Waals surface area (Å²) in [6.07, 6.45) is 2.82. The number of carbonyl (C=O) groups excluding carboxylic acids is 1. The summed E-state index contributed by atoms with van der Waals surface area (Å²) in [6, 6.07) is 0. The first-order chi connectivity index (χ1) is 7.83. The van der Waals surface area contributed by atoms with E-state index >= 15 is 0 Å². The van der Waals surface area contributed by atoms with Gasteiger partial charge in [0.1, 0.15) is 0 Å². The van der Waals surface area contributed by atoms with E-state index in [1.807, 2.05) is 0 Å². The summed E-state index contributed by atoms with van der Waals surface area (Å²) < 4.78 is 15.4. The molecule has 0 unspecified atom stereocenters. The Morgan fingerprint density at radius 1 is 1.25 bits per heavy atom. The third-order valence-corrected chi connectivity index (χ3v) is 2.55. The molecule has 5 heteroatoms. The number of nitrogens with one attached hydrogen (secondary N) is 1. The number of ether oxygens (including phenoxy) is 3. The minimum atomic E-state index is -0.237. The van der Waals surface area contributed by atoms with E-state index in [0.717, 1.165) is 25.9 Å². The first kappa shape index (κ1) is 13.4. The Bertz CT molecular complexity index is 192. The maximum absolute atomic E-state index is 10.8. The summed E-state index contributed by atoms with van der Waals surface area (Å²) >= 11 is 0. The molecule has 94 valence electrons. The second-order valence-electron chi connectivity index (χ2n) is 3.76. The molecule has 1 aliphatic rings. The molecule has 0 aromatic carbocycles. The molecular formula is C11H21NO4. The summed E-state index contributed by atoms with van der Waals surface area (Å²) in [5.41, 5.74) is 0. The van der Waals surface area contributed by atoms with Gasteiger partial charge in [-0.1, -0.05) is 0 Å². The molecule has 1 saturated heterocycles. The standard InChI is InChI=1S/C11H21NO4/c1-14-11(13)4-7-15-8-9-16-10-2-5-12-6-3-10/h10,12H,2-9H2,1H3. The van der Waals surface area contributed by atoms with Crippen LogP contribution in [0.3, 0.4) is 0 Å². The van der Waals surface area contributed by atoms with Gasteiger partial charge in [-0.05, 0) is 25.9 Å². The summed E-state index contributed by atoms with van der Waals surface area (Å²) in [7, 11) is 1.38. The van der Waals surface area contributed by atoms with Crippen molar-refractivity contribution in [2.45, 2.75) is 25.4 Å². The van der Waals surface area contributed by atoms with Gasteiger partial charge in [0.05, 0.1) is 39.5 Å². The van der Waals surface area contributed by atoms with Crippen LogP contribution in [0.15, 0.2) is 0 Å². The minimum absolute atomic E-state index is 0.237. The zero-order valence-electron chi connectivity index (χ0n) is 9.87. The van der Waals surface area contributed by atoms with Crippen LogP contribution in [-0.4, -0.2) is 52.1 Å². The van der Waals surface area contributed by atoms with Crippen molar-refractivity contribution >= 4 is 5.97 Å². The quantitative estimate of drug-likeness (QED) is 0.505. The van der Waals surface area contributed by atoms with Crippen LogP contribution in [0.4, 0.5) is 0 Å². The molecule has 0 atom stereocenters. The first-order valence-corrected chi connectivity index (χ1v) is 5.80. The number of hydrogen-bond acceptors (Lipinski definition) is 5. The molecule has 1 heterocycles. The van der Waals surface area contributed by atoms with Gasteiger partial charge in [-0.25, -0.2) is 0 Å². The lowest BCUT2D eigenvalue weighted by Gasteiger charge is -2.22. The lowest BCUT2D eigenvalue weighted by molar-refractivity contribution is -0.142. The molecule has 0 aromatic heterocycles. The zero-order chi connectivity index (χ0) is 11.6. The number of hydrogen-bond donors (Lipinski definition) is 1. The van der Waals surface area contributed by atoms with Crippen LogP contribution in [0.2, 0.25) is 0 Å². The Hall–Kier alpha value is -0.650. The van der Waals surface area contributed by atoms with Crippen molar-refractivity contribution in [2.24, 2.45) is 0 Å². The fraction of sp³-hybridized carbons (Fsp3) is 0.909. The Labute approximate surface area is 96.4 Å². The molecule has 0 saturated carbocycles. The van der Waals surface area contributed by atoms with E-state index in [-0.39, 0.29) is 5.97 Å². The molecule has 1 rings (SSSR count). The summed E-state index contributed by atoms with van der Waals surface area (Å²) in [4.78, 5) is 10.8. The molecule has 16 heavy (non-hydrogen) atoms. The fourth-order valence-electron chi connectivity index (χ4n) is 1.60. The van der Waals surface area contributed by atoms with E-state index < -0.39 is 0 Å². The number of piperidine rings is 1. The fourth-order valence-corrected chi connectivity index (χ4v) is 1.60. The Balaban J connectivity index is 1.85. The van der Waals surface area contributed by atoms with Gasteiger partial charge in [0, 0.05) is 0 Å². The Morgan fingerprint density at radius 3 is 2.69 bits per heavy atom. The van der Waals surface area contributed by atoms with Crippen molar-refractivity contribution in [3.63, 3.8) is 0 Å². The van der Waals surface area contributed by atoms with Crippen molar-refractivity contribution in [1.29, 1.82) is 0 Å². The third-order valence-electron chi connectivity index (χ3n) is 2.55. The van der Waals surface area contributed by atoms with Crippen LogP contribution >= 0.6 is 0 Å². The predicted molar refractivity (Wildman–Crippen MR) is 59.3 cm³/mol. The average Bonchev–Trinajstić information content (AvgIpc) is 2.34. The number of rotatable bonds is 7. The van der Waals surface area contributed by atoms with Crippen LogP contribution in [0.5, 0.6) is 0 Å². The molecule has 0 spiro atoms. The van der Waals surface area contributed by atoms with Crippen LogP contribution in [0.25, 0.3) is 0 Å². The van der Waals surface area contributed by atoms with Gasteiger partial charge in [0.25, 0.3) is 0 Å². The van der Waals surface area contributed by atoms with E-state index in [2.05, 4.69) is 10.1 Å². The number of esters is 1. The van der Waals surface area contributed by atoms with E-state index in [4.69, 9.17) is 9.47 Å². The molecule has 1 N–H and O–H groups in total. The average molecular weight is 231 g/mol. The van der Waals surface area contributed by atoms with E-state index in [1.54, 1.807) is 0 Å². The van der Waals surface area contributed by atoms with Crippen molar-refractivity contribution in [3.05, 3.63) is 0 Å². The maximum Gasteiger partial charge on any atom is 0.307 e. The van der Waals surface area contributed by atoms with Crippen molar-refractivity contribution < 1.29 is 19.0 Å². The molecule has 1 aliphatic heterocycles. The maximum atomic E-state index is 10.8. The minimum Gasteiger partial charge on any atom is -0.469 e.